The van der Waals surface area contributed by atoms with E-state index >= 15 is 0 Å². The smallest absolute Gasteiger partial charge is 0.261 e. The molecule has 2 aliphatic rings. The summed E-state index contributed by atoms with van der Waals surface area (Å²) < 4.78 is 7.84. The topological polar surface area (TPSA) is 112 Å². The Kier molecular flexibility index (Phi) is 5.49. The van der Waals surface area contributed by atoms with Crippen LogP contribution in [0.2, 0.25) is 0 Å². The van der Waals surface area contributed by atoms with Crippen LogP contribution in [-0.2, 0) is 6.42 Å². The zero-order valence-corrected chi connectivity index (χ0v) is 19.8. The Balaban J connectivity index is 1.50. The molecule has 9 nitrogen and oxygen atoms in total. The van der Waals surface area contributed by atoms with Gasteiger partial charge in [0.15, 0.2) is 5.65 Å². The normalized spacial score (nSPS) is 20.9. The number of aliphatic hydroxyl groups is 2. The molecule has 34 heavy (non-hydrogen) atoms. The van der Waals surface area contributed by atoms with Gasteiger partial charge in [-0.2, -0.15) is 5.10 Å². The highest BCUT2D eigenvalue weighted by Gasteiger charge is 2.47. The van der Waals surface area contributed by atoms with Gasteiger partial charge in [0, 0.05) is 50.1 Å². The van der Waals surface area contributed by atoms with Gasteiger partial charge >= 0.3 is 0 Å². The van der Waals surface area contributed by atoms with Crippen molar-refractivity contribution in [2.24, 2.45) is 5.92 Å². The van der Waals surface area contributed by atoms with E-state index in [1.54, 1.807) is 36.8 Å². The molecule has 2 aliphatic heterocycles. The summed E-state index contributed by atoms with van der Waals surface area (Å²) in [7, 11) is 0. The average Bonchev–Trinajstić information content (AvgIpc) is 3.39. The summed E-state index contributed by atoms with van der Waals surface area (Å²) in [4.78, 5) is 19.8. The third kappa shape index (κ3) is 3.88. The number of nitrogens with one attached hydrogen (secondary N) is 1. The van der Waals surface area contributed by atoms with Crippen LogP contribution in [0.5, 0.6) is 5.75 Å². The van der Waals surface area contributed by atoms with Gasteiger partial charge in [-0.15, -0.1) is 0 Å². The van der Waals surface area contributed by atoms with Crippen LogP contribution in [0, 0.1) is 5.92 Å². The van der Waals surface area contributed by atoms with Gasteiger partial charge in [0.1, 0.15) is 16.9 Å². The lowest BCUT2D eigenvalue weighted by atomic mass is 9.84. The molecule has 3 aromatic rings. The molecule has 1 saturated heterocycles. The summed E-state index contributed by atoms with van der Waals surface area (Å²) in [5.41, 5.74) is 1.56. The van der Waals surface area contributed by atoms with Crippen LogP contribution in [0.4, 0.5) is 11.4 Å². The number of piperidine rings is 1. The van der Waals surface area contributed by atoms with E-state index < -0.39 is 11.2 Å². The Labute approximate surface area is 198 Å². The summed E-state index contributed by atoms with van der Waals surface area (Å²) in [5, 5.41) is 27.6. The molecule has 5 rings (SSSR count). The van der Waals surface area contributed by atoms with Crippen molar-refractivity contribution in [2.75, 3.05) is 29.9 Å². The van der Waals surface area contributed by atoms with Gasteiger partial charge in [-0.3, -0.25) is 4.79 Å². The first kappa shape index (κ1) is 22.6. The molecule has 0 radical (unpaired) electrons. The van der Waals surface area contributed by atoms with E-state index in [0.717, 1.165) is 42.9 Å². The van der Waals surface area contributed by atoms with E-state index in [1.165, 1.54) is 6.20 Å². The number of hydrogen-bond donors (Lipinski definition) is 3. The Morgan fingerprint density at radius 1 is 1.32 bits per heavy atom. The van der Waals surface area contributed by atoms with E-state index in [1.807, 2.05) is 19.1 Å². The lowest BCUT2D eigenvalue weighted by Crippen LogP contribution is -2.51. The van der Waals surface area contributed by atoms with E-state index in [4.69, 9.17) is 4.74 Å². The van der Waals surface area contributed by atoms with E-state index in [0.29, 0.717) is 29.2 Å². The highest BCUT2D eigenvalue weighted by Crippen LogP contribution is 2.45. The molecule has 1 fully saturated rings. The molecule has 1 unspecified atom stereocenters. The maximum Gasteiger partial charge on any atom is 0.261 e. The molecule has 1 amide bonds. The molecule has 3 N–H and O–H groups in total. The summed E-state index contributed by atoms with van der Waals surface area (Å²) in [6.07, 6.45) is 7.18. The summed E-state index contributed by atoms with van der Waals surface area (Å²) in [6.45, 7) is 7.14. The van der Waals surface area contributed by atoms with Crippen LogP contribution in [0.3, 0.4) is 0 Å². The van der Waals surface area contributed by atoms with Crippen LogP contribution in [0.1, 0.15) is 49.5 Å². The molecular weight excluding hydrogens is 434 g/mol. The third-order valence-electron chi connectivity index (χ3n) is 7.32. The minimum atomic E-state index is -1.04. The standard InChI is InChI=1S/C25H31N5O4/c1-24(2,33)25(3)13-17-11-19(28-23(32)18-14-27-30-8-4-7-26-22(18)30)20(12-21(17)34-25)29-9-5-16(15-31)6-10-29/h4,7-8,11-12,14,16,31,33H,5-6,9-10,13,15H2,1-3H3,(H,28,32). The van der Waals surface area contributed by atoms with Crippen LogP contribution in [-0.4, -0.2) is 61.6 Å². The zero-order valence-electron chi connectivity index (χ0n) is 19.8. The minimum Gasteiger partial charge on any atom is -0.484 e. The second kappa shape index (κ2) is 8.25. The lowest BCUT2D eigenvalue weighted by Gasteiger charge is -2.36. The van der Waals surface area contributed by atoms with Crippen molar-refractivity contribution in [1.29, 1.82) is 0 Å². The fourth-order valence-electron chi connectivity index (χ4n) is 4.73. The number of anilines is 2. The molecule has 0 saturated carbocycles. The number of carbonyl (C=O) groups excluding carboxylic acids is 1. The van der Waals surface area contributed by atoms with Crippen molar-refractivity contribution in [3.8, 4) is 5.75 Å². The number of aromatic nitrogens is 3. The molecule has 0 aliphatic carbocycles. The SMILES string of the molecule is CC(C)(O)C1(C)Cc2cc(NC(=O)c3cnn4cccnc34)c(N3CCC(CO)CC3)cc2O1. The quantitative estimate of drug-likeness (QED) is 0.531. The molecule has 0 spiro atoms. The van der Waals surface area contributed by atoms with E-state index in [9.17, 15) is 15.0 Å². The first-order chi connectivity index (χ1) is 16.2. The Bertz CT molecular complexity index is 1230. The molecule has 180 valence electrons. The fourth-order valence-corrected chi connectivity index (χ4v) is 4.73. The van der Waals surface area contributed by atoms with Crippen molar-refractivity contribution in [3.05, 3.63) is 47.9 Å². The number of amides is 1. The van der Waals surface area contributed by atoms with Gasteiger partial charge < -0.3 is 25.2 Å². The number of carbonyl (C=O) groups is 1. The Morgan fingerprint density at radius 3 is 2.79 bits per heavy atom. The second-order valence-corrected chi connectivity index (χ2v) is 10.1. The molecule has 2 aromatic heterocycles. The lowest BCUT2D eigenvalue weighted by molar-refractivity contribution is -0.0900. The third-order valence-corrected chi connectivity index (χ3v) is 7.32. The van der Waals surface area contributed by atoms with Gasteiger partial charge in [0.05, 0.1) is 23.2 Å². The maximum absolute atomic E-state index is 13.3. The number of nitrogens with zero attached hydrogens (tertiary/aromatic N) is 4. The van der Waals surface area contributed by atoms with Gasteiger partial charge in [-0.05, 0) is 51.7 Å². The van der Waals surface area contributed by atoms with Gasteiger partial charge in [0.2, 0.25) is 0 Å². The van der Waals surface area contributed by atoms with Crippen molar-refractivity contribution >= 4 is 22.9 Å². The highest BCUT2D eigenvalue weighted by molar-refractivity contribution is 6.09. The molecular formula is C25H31N5O4. The maximum atomic E-state index is 13.3. The number of hydrogen-bond acceptors (Lipinski definition) is 7. The van der Waals surface area contributed by atoms with Gasteiger partial charge in [-0.25, -0.2) is 9.50 Å². The van der Waals surface area contributed by atoms with Gasteiger partial charge in [-0.1, -0.05) is 0 Å². The van der Waals surface area contributed by atoms with Crippen LogP contribution in [0.15, 0.2) is 36.8 Å². The van der Waals surface area contributed by atoms with Crippen LogP contribution in [0.25, 0.3) is 5.65 Å². The molecule has 9 heteroatoms. The molecule has 4 heterocycles. The number of aliphatic hydroxyl groups excluding tert-OH is 1. The average molecular weight is 466 g/mol. The second-order valence-electron chi connectivity index (χ2n) is 10.1. The fraction of sp³-hybridized carbons (Fsp3) is 0.480. The first-order valence-electron chi connectivity index (χ1n) is 11.7. The van der Waals surface area contributed by atoms with Crippen molar-refractivity contribution in [2.45, 2.75) is 51.2 Å². The number of rotatable bonds is 5. The Hall–Kier alpha value is -3.17. The summed E-state index contributed by atoms with van der Waals surface area (Å²) in [6, 6.07) is 5.68. The predicted molar refractivity (Wildman–Crippen MR) is 128 cm³/mol. The van der Waals surface area contributed by atoms with Gasteiger partial charge in [0.25, 0.3) is 5.91 Å². The monoisotopic (exact) mass is 465 g/mol. The van der Waals surface area contributed by atoms with Crippen molar-refractivity contribution < 1.29 is 19.7 Å². The van der Waals surface area contributed by atoms with E-state index in [2.05, 4.69) is 20.3 Å². The summed E-state index contributed by atoms with van der Waals surface area (Å²) >= 11 is 0. The van der Waals surface area contributed by atoms with Crippen LogP contribution >= 0.6 is 0 Å². The highest BCUT2D eigenvalue weighted by atomic mass is 16.5. The van der Waals surface area contributed by atoms with Crippen molar-refractivity contribution in [1.82, 2.24) is 14.6 Å². The zero-order chi connectivity index (χ0) is 24.1. The molecule has 0 bridgehead atoms. The first-order valence-corrected chi connectivity index (χ1v) is 11.7. The predicted octanol–water partition coefficient (Wildman–Crippen LogP) is 2.65. The number of benzene rings is 1. The molecule has 1 atom stereocenters. The number of ether oxygens (including phenoxy) is 1. The molecule has 1 aromatic carbocycles. The largest absolute Gasteiger partial charge is 0.484 e. The van der Waals surface area contributed by atoms with Crippen LogP contribution < -0.4 is 15.0 Å². The van der Waals surface area contributed by atoms with Crippen molar-refractivity contribution in [3.63, 3.8) is 0 Å². The minimum absolute atomic E-state index is 0.191. The Morgan fingerprint density at radius 2 is 2.09 bits per heavy atom. The van der Waals surface area contributed by atoms with E-state index in [-0.39, 0.29) is 12.5 Å². The number of fused-ring (bicyclic) bond motifs is 2. The summed E-state index contributed by atoms with van der Waals surface area (Å²) in [5.74, 6) is 0.729.